The van der Waals surface area contributed by atoms with Crippen LogP contribution < -0.4 is 15.6 Å². The molecular formula is C15H14ClN3O3S. The first-order chi connectivity index (χ1) is 10.9. The van der Waals surface area contributed by atoms with Crippen molar-refractivity contribution in [3.63, 3.8) is 0 Å². The highest BCUT2D eigenvalue weighted by atomic mass is 35.5. The summed E-state index contributed by atoms with van der Waals surface area (Å²) in [4.78, 5) is 12.1. The Bertz CT molecular complexity index is 883. The highest BCUT2D eigenvalue weighted by molar-refractivity contribution is 7.89. The first-order valence-electron chi connectivity index (χ1n) is 6.85. The van der Waals surface area contributed by atoms with E-state index in [1.807, 2.05) is 24.3 Å². The molecule has 0 saturated heterocycles. The van der Waals surface area contributed by atoms with Crippen LogP contribution in [0, 0.1) is 0 Å². The Labute approximate surface area is 138 Å². The lowest BCUT2D eigenvalue weighted by atomic mass is 10.2. The summed E-state index contributed by atoms with van der Waals surface area (Å²) in [6, 6.07) is 11.7. The van der Waals surface area contributed by atoms with Crippen LogP contribution in [0.5, 0.6) is 0 Å². The number of carbonyl (C=O) groups excluding carboxylic acids is 1. The van der Waals surface area contributed by atoms with Crippen molar-refractivity contribution in [3.05, 3.63) is 58.6 Å². The molecule has 0 bridgehead atoms. The predicted molar refractivity (Wildman–Crippen MR) is 87.8 cm³/mol. The average molecular weight is 352 g/mol. The topological polar surface area (TPSA) is 92.5 Å². The third-order valence-electron chi connectivity index (χ3n) is 3.62. The van der Waals surface area contributed by atoms with Crippen molar-refractivity contribution in [1.82, 2.24) is 5.43 Å². The van der Waals surface area contributed by atoms with Crippen molar-refractivity contribution in [2.75, 3.05) is 11.6 Å². The largest absolute Gasteiger partial charge is 0.285 e. The minimum absolute atomic E-state index is 0.0180. The van der Waals surface area contributed by atoms with Gasteiger partial charge in [0.15, 0.2) is 0 Å². The van der Waals surface area contributed by atoms with Crippen LogP contribution in [0.3, 0.4) is 0 Å². The fourth-order valence-electron chi connectivity index (χ4n) is 2.50. The number of hydrogen-bond acceptors (Lipinski definition) is 4. The molecule has 2 aromatic rings. The van der Waals surface area contributed by atoms with E-state index in [1.165, 1.54) is 18.2 Å². The van der Waals surface area contributed by atoms with Gasteiger partial charge in [0.05, 0.1) is 10.7 Å². The van der Waals surface area contributed by atoms with Crippen LogP contribution in [0.2, 0.25) is 5.02 Å². The summed E-state index contributed by atoms with van der Waals surface area (Å²) in [6.45, 7) is 0.653. The van der Waals surface area contributed by atoms with E-state index in [-0.39, 0.29) is 15.5 Å². The van der Waals surface area contributed by atoms with Crippen LogP contribution in [0.25, 0.3) is 0 Å². The summed E-state index contributed by atoms with van der Waals surface area (Å²) in [7, 11) is -3.99. The Hall–Kier alpha value is -2.09. The van der Waals surface area contributed by atoms with Crippen LogP contribution in [-0.2, 0) is 16.4 Å². The van der Waals surface area contributed by atoms with E-state index in [2.05, 4.69) is 5.43 Å². The molecule has 1 amide bonds. The minimum Gasteiger partial charge on any atom is -0.285 e. The number of rotatable bonds is 3. The Morgan fingerprint density at radius 2 is 1.96 bits per heavy atom. The first kappa shape index (κ1) is 15.8. The van der Waals surface area contributed by atoms with Crippen LogP contribution in [-0.4, -0.2) is 20.9 Å². The van der Waals surface area contributed by atoms with Crippen LogP contribution >= 0.6 is 11.6 Å². The molecule has 0 saturated carbocycles. The van der Waals surface area contributed by atoms with Gasteiger partial charge in [-0.1, -0.05) is 29.8 Å². The summed E-state index contributed by atoms with van der Waals surface area (Å²) in [5.74, 6) is -0.428. The summed E-state index contributed by atoms with van der Waals surface area (Å²) in [6.07, 6.45) is 0.833. The zero-order valence-corrected chi connectivity index (χ0v) is 13.6. The Balaban J connectivity index is 1.85. The zero-order chi connectivity index (χ0) is 16.6. The highest BCUT2D eigenvalue weighted by Crippen LogP contribution is 2.26. The SMILES string of the molecule is NS(=O)(=O)c1cc(C(=O)NN2CCc3ccccc32)ccc1Cl. The monoisotopic (exact) mass is 351 g/mol. The Kier molecular flexibility index (Phi) is 4.01. The number of hydrazine groups is 1. The number of hydrogen-bond donors (Lipinski definition) is 2. The Morgan fingerprint density at radius 1 is 1.22 bits per heavy atom. The lowest BCUT2D eigenvalue weighted by Gasteiger charge is -2.20. The number of carbonyl (C=O) groups is 1. The van der Waals surface area contributed by atoms with Crippen LogP contribution in [0.1, 0.15) is 15.9 Å². The maximum atomic E-state index is 12.4. The van der Waals surface area contributed by atoms with Gasteiger partial charge in [-0.3, -0.25) is 15.2 Å². The van der Waals surface area contributed by atoms with Gasteiger partial charge in [0.1, 0.15) is 4.90 Å². The van der Waals surface area contributed by atoms with Crippen LogP contribution in [0.4, 0.5) is 5.69 Å². The van der Waals surface area contributed by atoms with Crippen molar-refractivity contribution in [3.8, 4) is 0 Å². The van der Waals surface area contributed by atoms with Gasteiger partial charge < -0.3 is 0 Å². The summed E-state index contributed by atoms with van der Waals surface area (Å²) >= 11 is 5.82. The molecule has 0 fully saturated rings. The number of nitrogens with two attached hydrogens (primary N) is 1. The maximum Gasteiger partial charge on any atom is 0.269 e. The quantitative estimate of drug-likeness (QED) is 0.880. The number of nitrogens with one attached hydrogen (secondary N) is 1. The molecule has 120 valence electrons. The molecule has 8 heteroatoms. The molecule has 3 N–H and O–H groups in total. The zero-order valence-electron chi connectivity index (χ0n) is 12.0. The third-order valence-corrected chi connectivity index (χ3v) is 5.02. The molecule has 0 spiro atoms. The molecule has 0 aromatic heterocycles. The molecule has 1 aliphatic rings. The number of amides is 1. The van der Waals surface area contributed by atoms with E-state index >= 15 is 0 Å². The lowest BCUT2D eigenvalue weighted by molar-refractivity contribution is 0.0949. The van der Waals surface area contributed by atoms with Crippen molar-refractivity contribution in [2.24, 2.45) is 5.14 Å². The molecule has 1 heterocycles. The predicted octanol–water partition coefficient (Wildman–Crippen LogP) is 1.69. The number of nitrogens with zero attached hydrogens (tertiary/aromatic N) is 1. The second-order valence-corrected chi connectivity index (χ2v) is 7.10. The second kappa shape index (κ2) is 5.84. The van der Waals surface area contributed by atoms with Crippen molar-refractivity contribution in [1.29, 1.82) is 0 Å². The fraction of sp³-hybridized carbons (Fsp3) is 0.133. The average Bonchev–Trinajstić information content (AvgIpc) is 2.90. The van der Waals surface area contributed by atoms with Crippen LogP contribution in [0.15, 0.2) is 47.4 Å². The van der Waals surface area contributed by atoms with Gasteiger partial charge in [-0.25, -0.2) is 13.6 Å². The van der Waals surface area contributed by atoms with E-state index in [4.69, 9.17) is 16.7 Å². The maximum absolute atomic E-state index is 12.4. The van der Waals surface area contributed by atoms with Crippen molar-refractivity contribution >= 4 is 33.2 Å². The molecule has 6 nitrogen and oxygen atoms in total. The molecule has 3 rings (SSSR count). The van der Waals surface area contributed by atoms with Gasteiger partial charge in [-0.15, -0.1) is 0 Å². The molecule has 0 unspecified atom stereocenters. The number of para-hydroxylation sites is 1. The fourth-order valence-corrected chi connectivity index (χ4v) is 3.58. The number of sulfonamides is 1. The molecule has 2 aromatic carbocycles. The van der Waals surface area contributed by atoms with E-state index in [1.54, 1.807) is 5.01 Å². The molecule has 0 radical (unpaired) electrons. The van der Waals surface area contributed by atoms with Gasteiger partial charge in [-0.2, -0.15) is 0 Å². The van der Waals surface area contributed by atoms with Gasteiger partial charge in [0.2, 0.25) is 10.0 Å². The first-order valence-corrected chi connectivity index (χ1v) is 8.77. The smallest absolute Gasteiger partial charge is 0.269 e. The van der Waals surface area contributed by atoms with E-state index in [9.17, 15) is 13.2 Å². The number of anilines is 1. The van der Waals surface area contributed by atoms with Crippen molar-refractivity contribution < 1.29 is 13.2 Å². The summed E-state index contributed by atoms with van der Waals surface area (Å²) < 4.78 is 23.0. The number of fused-ring (bicyclic) bond motifs is 1. The summed E-state index contributed by atoms with van der Waals surface area (Å²) in [5.41, 5.74) is 5.01. The van der Waals surface area contributed by atoms with E-state index in [0.29, 0.717) is 6.54 Å². The van der Waals surface area contributed by atoms with E-state index in [0.717, 1.165) is 17.7 Å². The number of halogens is 1. The molecule has 0 aliphatic carbocycles. The molecular weight excluding hydrogens is 338 g/mol. The third kappa shape index (κ3) is 3.17. The number of benzene rings is 2. The highest BCUT2D eigenvalue weighted by Gasteiger charge is 2.22. The van der Waals surface area contributed by atoms with Gasteiger partial charge in [-0.05, 0) is 36.2 Å². The second-order valence-electron chi connectivity index (χ2n) is 5.16. The van der Waals surface area contributed by atoms with E-state index < -0.39 is 15.9 Å². The van der Waals surface area contributed by atoms with Gasteiger partial charge >= 0.3 is 0 Å². The standard InChI is InChI=1S/C15H14ClN3O3S/c16-12-6-5-11(9-14(12)23(17,21)22)15(20)18-19-8-7-10-3-1-2-4-13(10)19/h1-6,9H,7-8H2,(H,18,20)(H2,17,21,22). The van der Waals surface area contributed by atoms with Gasteiger partial charge in [0.25, 0.3) is 5.91 Å². The Morgan fingerprint density at radius 3 is 2.70 bits per heavy atom. The van der Waals surface area contributed by atoms with Crippen molar-refractivity contribution in [2.45, 2.75) is 11.3 Å². The normalized spacial score (nSPS) is 13.7. The molecule has 1 aliphatic heterocycles. The minimum atomic E-state index is -3.99. The number of primary sulfonamides is 1. The van der Waals surface area contributed by atoms with Gasteiger partial charge in [0, 0.05) is 12.1 Å². The molecule has 0 atom stereocenters. The summed E-state index contributed by atoms with van der Waals surface area (Å²) in [5, 5.41) is 6.82. The lowest BCUT2D eigenvalue weighted by Crippen LogP contribution is -2.41. The molecule has 23 heavy (non-hydrogen) atoms.